The molecule has 2 aliphatic heterocycles. The van der Waals surface area contributed by atoms with Gasteiger partial charge >= 0.3 is 0 Å². The lowest BCUT2D eigenvalue weighted by molar-refractivity contribution is 0.0952. The Morgan fingerprint density at radius 3 is 2.57 bits per heavy atom. The third-order valence-electron chi connectivity index (χ3n) is 5.60. The number of morpholine rings is 1. The summed E-state index contributed by atoms with van der Waals surface area (Å²) >= 11 is 0. The summed E-state index contributed by atoms with van der Waals surface area (Å²) < 4.78 is 5.44. The standard InChI is InChI=1S/C23H29N3O2/c27-23(20-9-2-4-11-22(20)26-15-17-28-18-16-26)24-12-6-14-25-13-5-8-19-7-1-3-10-21(19)25/h1-4,7,9-11H,5-6,8,12-18H2,(H,24,27). The van der Waals surface area contributed by atoms with Crippen LogP contribution in [0, 0.1) is 0 Å². The lowest BCUT2D eigenvalue weighted by Gasteiger charge is -2.31. The highest BCUT2D eigenvalue weighted by molar-refractivity contribution is 5.99. The van der Waals surface area contributed by atoms with Gasteiger partial charge in [-0.15, -0.1) is 0 Å². The Kier molecular flexibility index (Phi) is 6.12. The van der Waals surface area contributed by atoms with Crippen LogP contribution in [0.2, 0.25) is 0 Å². The van der Waals surface area contributed by atoms with Gasteiger partial charge in [-0.1, -0.05) is 30.3 Å². The zero-order valence-corrected chi connectivity index (χ0v) is 16.4. The van der Waals surface area contributed by atoms with E-state index in [0.717, 1.165) is 43.9 Å². The van der Waals surface area contributed by atoms with Gasteiger partial charge in [-0.3, -0.25) is 4.79 Å². The highest BCUT2D eigenvalue weighted by atomic mass is 16.5. The molecule has 28 heavy (non-hydrogen) atoms. The number of nitrogens with zero attached hydrogens (tertiary/aromatic N) is 2. The van der Waals surface area contributed by atoms with Gasteiger partial charge in [-0.25, -0.2) is 0 Å². The van der Waals surface area contributed by atoms with Crippen molar-refractivity contribution in [1.29, 1.82) is 0 Å². The number of amides is 1. The Labute approximate surface area is 167 Å². The smallest absolute Gasteiger partial charge is 0.253 e. The second kappa shape index (κ2) is 9.11. The molecule has 1 N–H and O–H groups in total. The SMILES string of the molecule is O=C(NCCCN1CCCc2ccccc21)c1ccccc1N1CCOCC1. The summed E-state index contributed by atoms with van der Waals surface area (Å²) in [4.78, 5) is 17.5. The number of ether oxygens (including phenoxy) is 1. The molecule has 1 saturated heterocycles. The van der Waals surface area contributed by atoms with Crippen molar-refractivity contribution in [3.05, 3.63) is 59.7 Å². The molecule has 148 valence electrons. The number of hydrogen-bond donors (Lipinski definition) is 1. The molecule has 2 aromatic rings. The van der Waals surface area contributed by atoms with Crippen LogP contribution in [-0.2, 0) is 11.2 Å². The van der Waals surface area contributed by atoms with Crippen LogP contribution < -0.4 is 15.1 Å². The summed E-state index contributed by atoms with van der Waals surface area (Å²) in [6, 6.07) is 16.6. The predicted octanol–water partition coefficient (Wildman–Crippen LogP) is 3.10. The van der Waals surface area contributed by atoms with Crippen molar-refractivity contribution in [2.75, 3.05) is 55.7 Å². The van der Waals surface area contributed by atoms with E-state index in [4.69, 9.17) is 4.74 Å². The molecule has 0 spiro atoms. The molecule has 2 heterocycles. The number of aryl methyl sites for hydroxylation is 1. The fourth-order valence-electron chi connectivity index (χ4n) is 4.16. The number of benzene rings is 2. The van der Waals surface area contributed by atoms with Crippen molar-refractivity contribution in [3.8, 4) is 0 Å². The van der Waals surface area contributed by atoms with Gasteiger partial charge in [0.15, 0.2) is 0 Å². The molecule has 5 heteroatoms. The first-order valence-electron chi connectivity index (χ1n) is 10.4. The van der Waals surface area contributed by atoms with E-state index in [9.17, 15) is 4.79 Å². The fourth-order valence-corrected chi connectivity index (χ4v) is 4.16. The summed E-state index contributed by atoms with van der Waals surface area (Å²) in [6.07, 6.45) is 3.32. The molecule has 0 aliphatic carbocycles. The average molecular weight is 380 g/mol. The molecule has 1 amide bonds. The first kappa shape index (κ1) is 18.8. The molecular formula is C23H29N3O2. The van der Waals surface area contributed by atoms with Crippen LogP contribution in [0.25, 0.3) is 0 Å². The molecule has 0 atom stereocenters. The maximum atomic E-state index is 12.8. The van der Waals surface area contributed by atoms with Gasteiger partial charge in [0, 0.05) is 44.1 Å². The number of nitrogens with one attached hydrogen (secondary N) is 1. The van der Waals surface area contributed by atoms with Gasteiger partial charge in [0.1, 0.15) is 0 Å². The van der Waals surface area contributed by atoms with E-state index in [1.807, 2.05) is 24.3 Å². The second-order valence-corrected chi connectivity index (χ2v) is 7.45. The Bertz CT molecular complexity index is 802. The quantitative estimate of drug-likeness (QED) is 0.784. The van der Waals surface area contributed by atoms with Crippen LogP contribution >= 0.6 is 0 Å². The summed E-state index contributed by atoms with van der Waals surface area (Å²) in [5, 5.41) is 3.12. The third kappa shape index (κ3) is 4.30. The minimum absolute atomic E-state index is 0.0149. The number of carbonyl (C=O) groups is 1. The van der Waals surface area contributed by atoms with E-state index >= 15 is 0 Å². The molecule has 2 aromatic carbocycles. The minimum atomic E-state index is 0.0149. The first-order chi connectivity index (χ1) is 13.8. The molecule has 0 saturated carbocycles. The van der Waals surface area contributed by atoms with Gasteiger partial charge in [-0.05, 0) is 43.0 Å². The van der Waals surface area contributed by atoms with Gasteiger partial charge in [0.25, 0.3) is 5.91 Å². The predicted molar refractivity (Wildman–Crippen MR) is 113 cm³/mol. The van der Waals surface area contributed by atoms with Crippen molar-refractivity contribution in [1.82, 2.24) is 5.32 Å². The largest absolute Gasteiger partial charge is 0.378 e. The van der Waals surface area contributed by atoms with E-state index in [-0.39, 0.29) is 5.91 Å². The number of hydrogen-bond acceptors (Lipinski definition) is 4. The molecule has 4 rings (SSSR count). The normalized spacial score (nSPS) is 16.6. The van der Waals surface area contributed by atoms with Crippen molar-refractivity contribution >= 4 is 17.3 Å². The van der Waals surface area contributed by atoms with E-state index in [1.165, 1.54) is 24.1 Å². The monoisotopic (exact) mass is 379 g/mol. The second-order valence-electron chi connectivity index (χ2n) is 7.45. The summed E-state index contributed by atoms with van der Waals surface area (Å²) in [5.74, 6) is 0.0149. The third-order valence-corrected chi connectivity index (χ3v) is 5.60. The number of para-hydroxylation sites is 2. The highest BCUT2D eigenvalue weighted by Crippen LogP contribution is 2.26. The molecule has 0 unspecified atom stereocenters. The van der Waals surface area contributed by atoms with Crippen LogP contribution in [0.1, 0.15) is 28.8 Å². The van der Waals surface area contributed by atoms with E-state index in [1.54, 1.807) is 0 Å². The number of rotatable bonds is 6. The Morgan fingerprint density at radius 1 is 0.964 bits per heavy atom. The maximum absolute atomic E-state index is 12.8. The Hall–Kier alpha value is -2.53. The number of anilines is 2. The number of carbonyl (C=O) groups excluding carboxylic acids is 1. The lowest BCUT2D eigenvalue weighted by Crippen LogP contribution is -2.38. The number of fused-ring (bicyclic) bond motifs is 1. The maximum Gasteiger partial charge on any atom is 0.253 e. The molecule has 0 bridgehead atoms. The van der Waals surface area contributed by atoms with Crippen molar-refractivity contribution in [3.63, 3.8) is 0 Å². The van der Waals surface area contributed by atoms with Crippen LogP contribution in [0.15, 0.2) is 48.5 Å². The molecule has 0 aromatic heterocycles. The summed E-state index contributed by atoms with van der Waals surface area (Å²) in [6.45, 7) is 5.86. The van der Waals surface area contributed by atoms with E-state index < -0.39 is 0 Å². The average Bonchev–Trinajstić information content (AvgIpc) is 2.77. The minimum Gasteiger partial charge on any atom is -0.378 e. The Balaban J connectivity index is 1.31. The van der Waals surface area contributed by atoms with Gasteiger partial charge in [-0.2, -0.15) is 0 Å². The molecule has 0 radical (unpaired) electrons. The topological polar surface area (TPSA) is 44.8 Å². The highest BCUT2D eigenvalue weighted by Gasteiger charge is 2.19. The zero-order valence-electron chi connectivity index (χ0n) is 16.4. The van der Waals surface area contributed by atoms with Gasteiger partial charge < -0.3 is 19.9 Å². The van der Waals surface area contributed by atoms with Crippen LogP contribution in [0.4, 0.5) is 11.4 Å². The van der Waals surface area contributed by atoms with Crippen molar-refractivity contribution in [2.24, 2.45) is 0 Å². The first-order valence-corrected chi connectivity index (χ1v) is 10.4. The van der Waals surface area contributed by atoms with E-state index in [0.29, 0.717) is 19.8 Å². The molecule has 2 aliphatic rings. The lowest BCUT2D eigenvalue weighted by atomic mass is 10.0. The fraction of sp³-hybridized carbons (Fsp3) is 0.435. The van der Waals surface area contributed by atoms with Gasteiger partial charge in [0.05, 0.1) is 18.8 Å². The Morgan fingerprint density at radius 2 is 1.71 bits per heavy atom. The summed E-state index contributed by atoms with van der Waals surface area (Å²) in [7, 11) is 0. The van der Waals surface area contributed by atoms with Crippen LogP contribution in [0.5, 0.6) is 0 Å². The molecule has 1 fully saturated rings. The van der Waals surface area contributed by atoms with Crippen LogP contribution in [-0.4, -0.2) is 51.8 Å². The van der Waals surface area contributed by atoms with Gasteiger partial charge in [0.2, 0.25) is 0 Å². The summed E-state index contributed by atoms with van der Waals surface area (Å²) in [5.41, 5.74) is 4.57. The molecular weight excluding hydrogens is 350 g/mol. The van der Waals surface area contributed by atoms with Crippen LogP contribution in [0.3, 0.4) is 0 Å². The molecule has 5 nitrogen and oxygen atoms in total. The zero-order chi connectivity index (χ0) is 19.2. The van der Waals surface area contributed by atoms with Crippen molar-refractivity contribution in [2.45, 2.75) is 19.3 Å². The van der Waals surface area contributed by atoms with Crippen molar-refractivity contribution < 1.29 is 9.53 Å². The van der Waals surface area contributed by atoms with E-state index in [2.05, 4.69) is 39.4 Å².